The molecule has 2 aliphatic heterocycles. The minimum absolute atomic E-state index is 0.179. The van der Waals surface area contributed by atoms with Crippen LogP contribution in [-0.2, 0) is 20.4 Å². The predicted octanol–water partition coefficient (Wildman–Crippen LogP) is 12.6. The first-order valence-electron chi connectivity index (χ1n) is 31.8. The van der Waals surface area contributed by atoms with Crippen molar-refractivity contribution < 1.29 is 39.1 Å². The van der Waals surface area contributed by atoms with Crippen LogP contribution in [0, 0.1) is 11.8 Å². The van der Waals surface area contributed by atoms with Crippen molar-refractivity contribution >= 4 is 52.5 Å². The van der Waals surface area contributed by atoms with Gasteiger partial charge in [-0.3, -0.25) is 14.6 Å². The second kappa shape index (κ2) is 27.1. The van der Waals surface area contributed by atoms with Crippen molar-refractivity contribution in [3.63, 3.8) is 0 Å². The molecule has 0 aromatic heterocycles. The molecule has 6 aliphatic carbocycles. The summed E-state index contributed by atoms with van der Waals surface area (Å²) in [6.45, 7) is 13.0. The molecule has 2 aromatic rings. The number of carbonyl (C=O) groups is 4. The third-order valence-corrected chi connectivity index (χ3v) is 19.6. The highest BCUT2D eigenvalue weighted by molar-refractivity contribution is 6.17. The smallest absolute Gasteiger partial charge is 0.335 e. The number of carboxylic acid groups (broad SMARTS) is 2. The number of ketones is 2. The molecule has 0 bridgehead atoms. The number of nitrogens with one attached hydrogen (secondary N) is 4. The van der Waals surface area contributed by atoms with Gasteiger partial charge in [0.05, 0.1) is 46.5 Å². The number of aromatic carboxylic acids is 2. The number of guanidine groups is 2. The number of aliphatic imine (C=N–C) groups is 2. The van der Waals surface area contributed by atoms with Crippen molar-refractivity contribution in [2.24, 2.45) is 21.8 Å². The predicted molar refractivity (Wildman–Crippen MR) is 336 cm³/mol. The van der Waals surface area contributed by atoms with E-state index in [-0.39, 0.29) is 28.2 Å². The molecule has 8 aliphatic rings. The molecular formula is C69H95N8O7+. The standard InChI is InChI=1S/C41H42N2O7.C28H52N6/c1-21-35(44)22(2)37(46)34(36(21)45)33-23(13-17-31-40(3,4)27-19-25(38(47)48)11-15-29(27)42(31)7)9-10-24(33)14-18-32-41(5,6)28-20-26(39(49)50)12-16-30(28)43(32)8;1-5-13-23(14-6-1)31-27(32-24-15-7-2-8-16-24)29-21-22-30-28(33-25-17-9-3-10-18-25)34-26-19-11-4-12-20-26/h11-22H,9-10H2,1-8H3,(H2,47,48,49,50);23-26H,1-22H2,(H2,29,31,32)(H2,30,33,34)/p+1/b23-13+,31-17+;. The van der Waals surface area contributed by atoms with Crippen LogP contribution >= 0.6 is 0 Å². The van der Waals surface area contributed by atoms with Crippen LogP contribution in [0.4, 0.5) is 11.4 Å². The Morgan fingerprint density at radius 1 is 0.667 bits per heavy atom. The fourth-order valence-corrected chi connectivity index (χ4v) is 14.4. The second-order valence-electron chi connectivity index (χ2n) is 26.1. The summed E-state index contributed by atoms with van der Waals surface area (Å²) in [5, 5.41) is 45.7. The largest absolute Gasteiger partial charge is 0.511 e. The number of Topliss-reactive ketones (excluding diaryl/α,β-unsaturated/α-hetero) is 2. The Morgan fingerprint density at radius 2 is 1.20 bits per heavy atom. The lowest BCUT2D eigenvalue weighted by Crippen LogP contribution is -2.49. The van der Waals surface area contributed by atoms with Gasteiger partial charge in [-0.05, 0) is 151 Å². The molecule has 2 heterocycles. The number of hydrogen-bond donors (Lipinski definition) is 7. The van der Waals surface area contributed by atoms with Crippen LogP contribution < -0.4 is 26.2 Å². The number of carbonyl (C=O) groups excluding carboxylic acids is 2. The van der Waals surface area contributed by atoms with E-state index in [0.29, 0.717) is 42.6 Å². The van der Waals surface area contributed by atoms with Crippen LogP contribution in [0.1, 0.15) is 215 Å². The number of rotatable bonds is 13. The Balaban J connectivity index is 0.000000217. The number of nitrogens with zero attached hydrogens (tertiary/aromatic N) is 4. The number of hydrogen-bond acceptors (Lipinski definition) is 8. The fraction of sp³-hybridized carbons (Fsp3) is 0.580. The summed E-state index contributed by atoms with van der Waals surface area (Å²) in [5.41, 5.74) is 7.43. The summed E-state index contributed by atoms with van der Waals surface area (Å²) in [6.07, 6.45) is 35.7. The summed E-state index contributed by atoms with van der Waals surface area (Å²) < 4.78 is 2.05. The van der Waals surface area contributed by atoms with E-state index in [4.69, 9.17) is 9.98 Å². The summed E-state index contributed by atoms with van der Waals surface area (Å²) in [5.74, 6) is -2.53. The maximum absolute atomic E-state index is 13.8. The number of carboxylic acids is 2. The lowest BCUT2D eigenvalue weighted by atomic mass is 9.76. The van der Waals surface area contributed by atoms with Crippen LogP contribution in [-0.4, -0.2) is 112 Å². The van der Waals surface area contributed by atoms with Crippen molar-refractivity contribution in [3.05, 3.63) is 117 Å². The van der Waals surface area contributed by atoms with Crippen LogP contribution in [0.5, 0.6) is 0 Å². The molecule has 7 N–H and O–H groups in total. The average molecular weight is 1150 g/mol. The molecule has 15 heteroatoms. The van der Waals surface area contributed by atoms with E-state index in [9.17, 15) is 34.5 Å². The topological polar surface area (TPSA) is 208 Å². The molecule has 0 amide bonds. The summed E-state index contributed by atoms with van der Waals surface area (Å²) in [4.78, 5) is 62.4. The summed E-state index contributed by atoms with van der Waals surface area (Å²) in [6, 6.07) is 12.5. The van der Waals surface area contributed by atoms with Crippen molar-refractivity contribution in [3.8, 4) is 0 Å². The lowest BCUT2D eigenvalue weighted by Gasteiger charge is -2.29. The Hall–Kier alpha value is -6.77. The van der Waals surface area contributed by atoms with Gasteiger partial charge in [0.15, 0.2) is 29.2 Å². The molecule has 0 radical (unpaired) electrons. The van der Waals surface area contributed by atoms with E-state index in [1.807, 2.05) is 87.7 Å². The normalized spacial score (nSPS) is 24.4. The maximum atomic E-state index is 13.8. The van der Waals surface area contributed by atoms with Crippen molar-refractivity contribution in [1.82, 2.24) is 21.3 Å². The molecule has 0 spiro atoms. The first-order chi connectivity index (χ1) is 40.2. The van der Waals surface area contributed by atoms with E-state index in [0.717, 1.165) is 70.1 Å². The van der Waals surface area contributed by atoms with Gasteiger partial charge in [-0.25, -0.2) is 14.6 Å². The van der Waals surface area contributed by atoms with Gasteiger partial charge in [0.1, 0.15) is 12.8 Å². The summed E-state index contributed by atoms with van der Waals surface area (Å²) in [7, 11) is 3.89. The first kappa shape index (κ1) is 61.8. The molecule has 4 saturated carbocycles. The van der Waals surface area contributed by atoms with Crippen molar-refractivity contribution in [1.29, 1.82) is 0 Å². The molecule has 4 fully saturated rings. The first-order valence-corrected chi connectivity index (χ1v) is 31.8. The van der Waals surface area contributed by atoms with Crippen LogP contribution in [0.25, 0.3) is 0 Å². The number of anilines is 1. The van der Waals surface area contributed by atoms with Gasteiger partial charge in [-0.2, -0.15) is 4.58 Å². The van der Waals surface area contributed by atoms with E-state index in [1.54, 1.807) is 38.1 Å². The quantitative estimate of drug-likeness (QED) is 0.0329. The van der Waals surface area contributed by atoms with Gasteiger partial charge >= 0.3 is 11.9 Å². The fourth-order valence-electron chi connectivity index (χ4n) is 14.4. The Kier molecular flexibility index (Phi) is 19.9. The third kappa shape index (κ3) is 13.8. The number of likely N-dealkylation sites (N-methyl/N-ethyl adjacent to an activating group) is 1. The highest BCUT2D eigenvalue weighted by atomic mass is 16.4. The number of aliphatic hydroxyl groups excluding tert-OH is 1. The van der Waals surface area contributed by atoms with Gasteiger partial charge in [-0.15, -0.1) is 0 Å². The van der Waals surface area contributed by atoms with Crippen LogP contribution in [0.2, 0.25) is 0 Å². The zero-order valence-electron chi connectivity index (χ0n) is 51.5. The molecule has 452 valence electrons. The zero-order chi connectivity index (χ0) is 59.9. The molecule has 15 nitrogen and oxygen atoms in total. The minimum Gasteiger partial charge on any atom is -0.511 e. The molecule has 0 saturated heterocycles. The highest BCUT2D eigenvalue weighted by Crippen LogP contribution is 2.49. The van der Waals surface area contributed by atoms with Crippen LogP contribution in [0.3, 0.4) is 0 Å². The Bertz CT molecular complexity index is 3050. The van der Waals surface area contributed by atoms with Gasteiger partial charge in [0.25, 0.3) is 0 Å². The Morgan fingerprint density at radius 3 is 1.77 bits per heavy atom. The summed E-state index contributed by atoms with van der Waals surface area (Å²) >= 11 is 0. The van der Waals surface area contributed by atoms with E-state index in [2.05, 4.69) is 21.3 Å². The van der Waals surface area contributed by atoms with Crippen LogP contribution in [0.15, 0.2) is 104 Å². The molecule has 2 unspecified atom stereocenters. The molecule has 2 aromatic carbocycles. The zero-order valence-corrected chi connectivity index (χ0v) is 51.5. The maximum Gasteiger partial charge on any atom is 0.335 e. The molecule has 10 rings (SSSR count). The number of aliphatic hydroxyl groups is 1. The molecular weight excluding hydrogens is 1050 g/mol. The second-order valence-corrected chi connectivity index (χ2v) is 26.1. The number of allylic oxidation sites excluding steroid dienone is 10. The average Bonchev–Trinajstić information content (AvgIpc) is 3.44. The highest BCUT2D eigenvalue weighted by Gasteiger charge is 2.45. The number of benzene rings is 2. The monoisotopic (exact) mass is 1150 g/mol. The lowest BCUT2D eigenvalue weighted by molar-refractivity contribution is -0.401. The SMILES string of the molecule is C1CCC(N=C(NCCN=C(NC2CCCCC2)NC2CCCCC2)NC2CCCCC2)CC1.CC1C(=O)C(C2=C(/C=C/C3=[N+](C)c4ccc(C(=O)O)cc4C3(C)C)CC/C2=C\C=C2\N(C)c3ccc(C(=O)O)cc3C2(C)C)=C(O)C(C)C1=O. The van der Waals surface area contributed by atoms with E-state index >= 15 is 0 Å². The van der Waals surface area contributed by atoms with Gasteiger partial charge in [0, 0.05) is 66.2 Å². The molecule has 84 heavy (non-hydrogen) atoms. The third-order valence-electron chi connectivity index (χ3n) is 19.6. The van der Waals surface area contributed by atoms with Gasteiger partial charge < -0.3 is 41.5 Å². The Labute approximate surface area is 499 Å². The van der Waals surface area contributed by atoms with Crippen molar-refractivity contribution in [2.45, 2.75) is 218 Å². The van der Waals surface area contributed by atoms with Gasteiger partial charge in [-0.1, -0.05) is 103 Å². The van der Waals surface area contributed by atoms with E-state index in [1.165, 1.54) is 128 Å². The minimum atomic E-state index is -0.987. The van der Waals surface area contributed by atoms with E-state index < -0.39 is 40.4 Å². The number of fused-ring (bicyclic) bond motifs is 2. The van der Waals surface area contributed by atoms with Crippen molar-refractivity contribution in [2.75, 3.05) is 32.1 Å². The molecule has 2 atom stereocenters. The van der Waals surface area contributed by atoms with Gasteiger partial charge in [0.2, 0.25) is 5.69 Å².